The quantitative estimate of drug-likeness (QED) is 0.669. The molecule has 6 nitrogen and oxygen atoms in total. The third-order valence-corrected chi connectivity index (χ3v) is 5.75. The number of benzene rings is 2. The minimum atomic E-state index is -3.93. The molecule has 3 N–H and O–H groups in total. The van der Waals surface area contributed by atoms with Crippen LogP contribution in [0.1, 0.15) is 12.8 Å². The van der Waals surface area contributed by atoms with Crippen LogP contribution < -0.4 is 5.30 Å². The van der Waals surface area contributed by atoms with Crippen LogP contribution in [0.25, 0.3) is 10.8 Å². The van der Waals surface area contributed by atoms with Crippen molar-refractivity contribution in [3.63, 3.8) is 0 Å². The Hall–Kier alpha value is -2.17. The summed E-state index contributed by atoms with van der Waals surface area (Å²) in [6.07, 6.45) is -1.02. The maximum atomic E-state index is 12.7. The summed E-state index contributed by atoms with van der Waals surface area (Å²) >= 11 is 0. The lowest BCUT2D eigenvalue weighted by atomic mass is 10.1. The van der Waals surface area contributed by atoms with Crippen molar-refractivity contribution in [3.8, 4) is 0 Å². The van der Waals surface area contributed by atoms with Crippen LogP contribution in [0.15, 0.2) is 42.5 Å². The molecule has 7 heteroatoms. The molecule has 2 atom stereocenters. The van der Waals surface area contributed by atoms with Gasteiger partial charge in [0.15, 0.2) is 0 Å². The molecule has 0 aliphatic rings. The largest absolute Gasteiger partial charge is 0.481 e. The molecule has 122 valence electrons. The van der Waals surface area contributed by atoms with E-state index in [1.807, 2.05) is 0 Å². The Morgan fingerprint density at radius 3 is 2.35 bits per heavy atom. The summed E-state index contributed by atoms with van der Waals surface area (Å²) < 4.78 is 12.7. The maximum Gasteiger partial charge on any atom is 0.307 e. The highest BCUT2D eigenvalue weighted by atomic mass is 31.2. The van der Waals surface area contributed by atoms with Gasteiger partial charge < -0.3 is 15.1 Å². The van der Waals surface area contributed by atoms with E-state index >= 15 is 0 Å². The van der Waals surface area contributed by atoms with E-state index in [0.717, 1.165) is 5.39 Å². The van der Waals surface area contributed by atoms with Crippen molar-refractivity contribution in [3.05, 3.63) is 42.5 Å². The Morgan fingerprint density at radius 1 is 1.04 bits per heavy atom. The molecule has 0 bridgehead atoms. The van der Waals surface area contributed by atoms with Crippen LogP contribution in [-0.4, -0.2) is 33.2 Å². The molecule has 0 heterocycles. The highest BCUT2D eigenvalue weighted by Gasteiger charge is 2.31. The van der Waals surface area contributed by atoms with Crippen molar-refractivity contribution in [2.24, 2.45) is 5.92 Å². The molecule has 0 fully saturated rings. The molecule has 2 unspecified atom stereocenters. The molecule has 2 rings (SSSR count). The van der Waals surface area contributed by atoms with E-state index < -0.39 is 31.4 Å². The number of rotatable bonds is 7. The van der Waals surface area contributed by atoms with Gasteiger partial charge in [-0.05, 0) is 23.3 Å². The number of aliphatic carboxylic acids is 2. The normalized spacial score (nSPS) is 15.0. The van der Waals surface area contributed by atoms with Gasteiger partial charge in [-0.2, -0.15) is 0 Å². The van der Waals surface area contributed by atoms with E-state index in [9.17, 15) is 24.2 Å². The predicted molar refractivity (Wildman–Crippen MR) is 86.3 cm³/mol. The fourth-order valence-electron chi connectivity index (χ4n) is 2.50. The van der Waals surface area contributed by atoms with Crippen molar-refractivity contribution in [1.29, 1.82) is 0 Å². The minimum absolute atomic E-state index is 0.181. The fraction of sp³-hybridized carbons (Fsp3) is 0.250. The summed E-state index contributed by atoms with van der Waals surface area (Å²) in [4.78, 5) is 32.3. The molecule has 0 aliphatic carbocycles. The number of carboxylic acid groups (broad SMARTS) is 2. The Bertz CT molecular complexity index is 780. The van der Waals surface area contributed by atoms with Gasteiger partial charge in [0.25, 0.3) is 0 Å². The molecule has 2 aromatic carbocycles. The topological polar surface area (TPSA) is 112 Å². The lowest BCUT2D eigenvalue weighted by molar-refractivity contribution is -0.142. The van der Waals surface area contributed by atoms with Gasteiger partial charge in [-0.1, -0.05) is 36.4 Å². The van der Waals surface area contributed by atoms with Crippen LogP contribution in [0.3, 0.4) is 0 Å². The summed E-state index contributed by atoms with van der Waals surface area (Å²) in [6.45, 7) is 0. The molecular weight excluding hydrogens is 319 g/mol. The third kappa shape index (κ3) is 4.18. The van der Waals surface area contributed by atoms with Crippen LogP contribution >= 0.6 is 7.37 Å². The predicted octanol–water partition coefficient (Wildman–Crippen LogP) is 2.30. The van der Waals surface area contributed by atoms with Gasteiger partial charge in [-0.3, -0.25) is 14.2 Å². The molecule has 0 spiro atoms. The first-order valence-electron chi connectivity index (χ1n) is 7.06. The molecule has 2 aromatic rings. The number of carbonyl (C=O) groups is 2. The number of carboxylic acids is 2. The Kier molecular flexibility index (Phi) is 5.19. The minimum Gasteiger partial charge on any atom is -0.481 e. The van der Waals surface area contributed by atoms with Crippen LogP contribution in [-0.2, 0) is 14.2 Å². The van der Waals surface area contributed by atoms with Gasteiger partial charge in [-0.25, -0.2) is 0 Å². The highest BCUT2D eigenvalue weighted by molar-refractivity contribution is 7.66. The first kappa shape index (κ1) is 17.2. The van der Waals surface area contributed by atoms with E-state index in [0.29, 0.717) is 5.39 Å². The first-order chi connectivity index (χ1) is 10.8. The summed E-state index contributed by atoms with van der Waals surface area (Å²) in [5, 5.41) is 19.5. The van der Waals surface area contributed by atoms with E-state index in [2.05, 4.69) is 0 Å². The second kappa shape index (κ2) is 6.94. The Morgan fingerprint density at radius 2 is 1.70 bits per heavy atom. The second-order valence-corrected chi connectivity index (χ2v) is 7.60. The number of fused-ring (bicyclic) bond motifs is 1. The monoisotopic (exact) mass is 336 g/mol. The van der Waals surface area contributed by atoms with Gasteiger partial charge in [0.1, 0.15) is 0 Å². The average Bonchev–Trinajstić information content (AvgIpc) is 2.50. The average molecular weight is 336 g/mol. The standard InChI is InChI=1S/C16H17O6P/c17-15(18)9-8-12(16(19)20)10-23(21,22)14-7-3-5-11-4-1-2-6-13(11)14/h1-7,12H,8-10H2,(H,17,18)(H,19,20)(H,21,22). The molecule has 23 heavy (non-hydrogen) atoms. The van der Waals surface area contributed by atoms with E-state index in [1.165, 1.54) is 6.07 Å². The van der Waals surface area contributed by atoms with Gasteiger partial charge in [0.2, 0.25) is 7.37 Å². The van der Waals surface area contributed by atoms with Crippen LogP contribution in [0, 0.1) is 5.92 Å². The van der Waals surface area contributed by atoms with Crippen LogP contribution in [0.5, 0.6) is 0 Å². The lowest BCUT2D eigenvalue weighted by Gasteiger charge is -2.18. The van der Waals surface area contributed by atoms with E-state index in [1.54, 1.807) is 36.4 Å². The third-order valence-electron chi connectivity index (χ3n) is 3.67. The highest BCUT2D eigenvalue weighted by Crippen LogP contribution is 2.44. The zero-order valence-corrected chi connectivity index (χ0v) is 13.1. The summed E-state index contributed by atoms with van der Waals surface area (Å²) in [5.74, 6) is -3.57. The summed E-state index contributed by atoms with van der Waals surface area (Å²) in [7, 11) is -3.93. The van der Waals surface area contributed by atoms with Crippen molar-refractivity contribution in [2.45, 2.75) is 12.8 Å². The molecule has 0 radical (unpaired) electrons. The van der Waals surface area contributed by atoms with Gasteiger partial charge >= 0.3 is 11.9 Å². The molecular formula is C16H17O6P. The molecule has 0 saturated heterocycles. The van der Waals surface area contributed by atoms with Crippen molar-refractivity contribution in [2.75, 3.05) is 6.16 Å². The van der Waals surface area contributed by atoms with E-state index in [-0.39, 0.29) is 18.1 Å². The van der Waals surface area contributed by atoms with Crippen LogP contribution in [0.4, 0.5) is 0 Å². The van der Waals surface area contributed by atoms with Gasteiger partial charge in [0.05, 0.1) is 5.92 Å². The SMILES string of the molecule is O=C(O)CCC(CP(=O)(O)c1cccc2ccccc12)C(=O)O. The number of hydrogen-bond donors (Lipinski definition) is 3. The zero-order valence-electron chi connectivity index (χ0n) is 12.3. The molecule has 0 amide bonds. The molecule has 0 aliphatic heterocycles. The lowest BCUT2D eigenvalue weighted by Crippen LogP contribution is -2.22. The molecule has 0 aromatic heterocycles. The molecule has 0 saturated carbocycles. The first-order valence-corrected chi connectivity index (χ1v) is 8.90. The van der Waals surface area contributed by atoms with Crippen molar-refractivity contribution >= 4 is 35.4 Å². The second-order valence-electron chi connectivity index (χ2n) is 5.35. The zero-order chi connectivity index (χ0) is 17.0. The number of hydrogen-bond acceptors (Lipinski definition) is 3. The smallest absolute Gasteiger partial charge is 0.307 e. The summed E-state index contributed by atoms with van der Waals surface area (Å²) in [6, 6.07) is 12.0. The van der Waals surface area contributed by atoms with Crippen molar-refractivity contribution in [1.82, 2.24) is 0 Å². The van der Waals surface area contributed by atoms with Crippen LogP contribution in [0.2, 0.25) is 0 Å². The summed E-state index contributed by atoms with van der Waals surface area (Å²) in [5.41, 5.74) is 0. The maximum absolute atomic E-state index is 12.7. The van der Waals surface area contributed by atoms with Gasteiger partial charge in [-0.15, -0.1) is 0 Å². The van der Waals surface area contributed by atoms with Crippen molar-refractivity contribution < 1.29 is 29.3 Å². The fourth-order valence-corrected chi connectivity index (χ4v) is 4.53. The Balaban J connectivity index is 2.33. The van der Waals surface area contributed by atoms with Gasteiger partial charge in [0, 0.05) is 17.9 Å². The van der Waals surface area contributed by atoms with E-state index in [4.69, 9.17) is 5.11 Å². The Labute approximate surface area is 132 Å².